The van der Waals surface area contributed by atoms with Crippen molar-refractivity contribution in [3.63, 3.8) is 0 Å². The Morgan fingerprint density at radius 3 is 2.25 bits per heavy atom. The lowest BCUT2D eigenvalue weighted by Crippen LogP contribution is -2.24. The van der Waals surface area contributed by atoms with Crippen molar-refractivity contribution >= 4 is 5.91 Å². The maximum absolute atomic E-state index is 12.1. The van der Waals surface area contributed by atoms with Gasteiger partial charge in [0.2, 0.25) is 5.91 Å². The summed E-state index contributed by atoms with van der Waals surface area (Å²) in [6.45, 7) is 4.33. The molecule has 0 radical (unpaired) electrons. The van der Waals surface area contributed by atoms with Crippen molar-refractivity contribution < 1.29 is 9.21 Å². The van der Waals surface area contributed by atoms with Gasteiger partial charge in [-0.3, -0.25) is 4.79 Å². The number of hydrogen-bond acceptors (Lipinski definition) is 2. The maximum atomic E-state index is 12.1. The average Bonchev–Trinajstić information content (AvgIpc) is 2.92. The fraction of sp³-hybridized carbons (Fsp3) is 0.190. The molecule has 0 unspecified atom stereocenters. The highest BCUT2D eigenvalue weighted by molar-refractivity contribution is 5.78. The number of rotatable bonds is 5. The third-order valence-electron chi connectivity index (χ3n) is 4.05. The summed E-state index contributed by atoms with van der Waals surface area (Å²) in [7, 11) is 0. The van der Waals surface area contributed by atoms with Crippen LogP contribution in [0.2, 0.25) is 0 Å². The Labute approximate surface area is 142 Å². The molecule has 3 rings (SSSR count). The van der Waals surface area contributed by atoms with Crippen LogP contribution in [0.5, 0.6) is 0 Å². The third kappa shape index (κ3) is 3.93. The van der Waals surface area contributed by atoms with Crippen molar-refractivity contribution in [3.05, 3.63) is 83.3 Å². The molecule has 1 aromatic heterocycles. The van der Waals surface area contributed by atoms with Gasteiger partial charge in [-0.1, -0.05) is 54.6 Å². The molecule has 122 valence electrons. The summed E-state index contributed by atoms with van der Waals surface area (Å²) in [5, 5.41) is 2.95. The molecule has 1 N–H and O–H groups in total. The van der Waals surface area contributed by atoms with Crippen LogP contribution < -0.4 is 5.32 Å². The number of carbonyl (C=O) groups excluding carboxylic acids is 1. The van der Waals surface area contributed by atoms with Crippen LogP contribution in [0.25, 0.3) is 11.1 Å². The van der Waals surface area contributed by atoms with Crippen LogP contribution in [0.4, 0.5) is 0 Å². The monoisotopic (exact) mass is 319 g/mol. The van der Waals surface area contributed by atoms with Crippen molar-refractivity contribution in [3.8, 4) is 11.1 Å². The molecule has 0 aliphatic carbocycles. The van der Waals surface area contributed by atoms with E-state index in [4.69, 9.17) is 4.42 Å². The van der Waals surface area contributed by atoms with Gasteiger partial charge in [-0.25, -0.2) is 0 Å². The molecule has 0 atom stereocenters. The first-order valence-corrected chi connectivity index (χ1v) is 8.09. The summed E-state index contributed by atoms with van der Waals surface area (Å²) in [5.74, 6) is 1.74. The summed E-state index contributed by atoms with van der Waals surface area (Å²) in [6.07, 6.45) is 0.380. The minimum Gasteiger partial charge on any atom is -0.466 e. The standard InChI is InChI=1S/C21H21NO2/c1-15-12-20(16(2)24-15)14-22-21(23)13-17-8-10-19(11-9-17)18-6-4-3-5-7-18/h3-12H,13-14H2,1-2H3,(H,22,23). The maximum Gasteiger partial charge on any atom is 0.224 e. The van der Waals surface area contributed by atoms with E-state index >= 15 is 0 Å². The van der Waals surface area contributed by atoms with Crippen molar-refractivity contribution in [2.24, 2.45) is 0 Å². The summed E-state index contributed by atoms with van der Waals surface area (Å²) in [4.78, 5) is 12.1. The van der Waals surface area contributed by atoms with E-state index in [1.54, 1.807) is 0 Å². The molecule has 0 fully saturated rings. The summed E-state index contributed by atoms with van der Waals surface area (Å²) in [5.41, 5.74) is 4.37. The number of carbonyl (C=O) groups is 1. The quantitative estimate of drug-likeness (QED) is 0.756. The van der Waals surface area contributed by atoms with E-state index in [1.165, 1.54) is 5.56 Å². The molecule has 0 saturated carbocycles. The summed E-state index contributed by atoms with van der Waals surface area (Å²) >= 11 is 0. The normalized spacial score (nSPS) is 10.6. The van der Waals surface area contributed by atoms with Gasteiger partial charge in [0.05, 0.1) is 6.42 Å². The SMILES string of the molecule is Cc1cc(CNC(=O)Cc2ccc(-c3ccccc3)cc2)c(C)o1. The number of hydrogen-bond donors (Lipinski definition) is 1. The van der Waals surface area contributed by atoms with Gasteiger partial charge >= 0.3 is 0 Å². The van der Waals surface area contributed by atoms with Gasteiger partial charge < -0.3 is 9.73 Å². The highest BCUT2D eigenvalue weighted by atomic mass is 16.3. The zero-order valence-corrected chi connectivity index (χ0v) is 14.0. The van der Waals surface area contributed by atoms with Crippen LogP contribution in [0, 0.1) is 13.8 Å². The molecule has 2 aromatic carbocycles. The van der Waals surface area contributed by atoms with Gasteiger partial charge in [-0.15, -0.1) is 0 Å². The minimum absolute atomic E-state index is 0.0146. The molecule has 0 aliphatic heterocycles. The molecule has 1 amide bonds. The Bertz CT molecular complexity index is 817. The number of aryl methyl sites for hydroxylation is 2. The van der Waals surface area contributed by atoms with Gasteiger partial charge in [0.25, 0.3) is 0 Å². The second-order valence-electron chi connectivity index (χ2n) is 5.95. The number of nitrogens with one attached hydrogen (secondary N) is 1. The second kappa shape index (κ2) is 7.18. The Kier molecular flexibility index (Phi) is 4.80. The molecule has 3 nitrogen and oxygen atoms in total. The first kappa shape index (κ1) is 16.1. The predicted octanol–water partition coefficient (Wildman–Crippen LogP) is 4.42. The molecular weight excluding hydrogens is 298 g/mol. The van der Waals surface area contributed by atoms with Crippen LogP contribution in [-0.4, -0.2) is 5.91 Å². The molecule has 0 saturated heterocycles. The van der Waals surface area contributed by atoms with Gasteiger partial charge in [0, 0.05) is 12.1 Å². The molecule has 0 bridgehead atoms. The van der Waals surface area contributed by atoms with E-state index in [-0.39, 0.29) is 5.91 Å². The Balaban J connectivity index is 1.57. The van der Waals surface area contributed by atoms with Crippen molar-refractivity contribution in [1.82, 2.24) is 5.32 Å². The van der Waals surface area contributed by atoms with Gasteiger partial charge in [0.1, 0.15) is 11.5 Å². The third-order valence-corrected chi connectivity index (χ3v) is 4.05. The highest BCUT2D eigenvalue weighted by Crippen LogP contribution is 2.19. The Morgan fingerprint density at radius 1 is 0.958 bits per heavy atom. The van der Waals surface area contributed by atoms with Crippen LogP contribution in [0.3, 0.4) is 0 Å². The van der Waals surface area contributed by atoms with Crippen molar-refractivity contribution in [2.45, 2.75) is 26.8 Å². The molecule has 3 heteroatoms. The van der Waals surface area contributed by atoms with E-state index in [0.29, 0.717) is 13.0 Å². The Hall–Kier alpha value is -2.81. The smallest absolute Gasteiger partial charge is 0.224 e. The van der Waals surface area contributed by atoms with Crippen LogP contribution >= 0.6 is 0 Å². The van der Waals surface area contributed by atoms with E-state index in [9.17, 15) is 4.79 Å². The molecule has 0 spiro atoms. The summed E-state index contributed by atoms with van der Waals surface area (Å²) < 4.78 is 5.47. The van der Waals surface area contributed by atoms with E-state index in [1.807, 2.05) is 50.2 Å². The lowest BCUT2D eigenvalue weighted by Gasteiger charge is -2.06. The minimum atomic E-state index is 0.0146. The second-order valence-corrected chi connectivity index (χ2v) is 5.95. The van der Waals surface area contributed by atoms with Crippen molar-refractivity contribution in [1.29, 1.82) is 0 Å². The van der Waals surface area contributed by atoms with Gasteiger partial charge in [0.15, 0.2) is 0 Å². The highest BCUT2D eigenvalue weighted by Gasteiger charge is 2.08. The van der Waals surface area contributed by atoms with Crippen LogP contribution in [-0.2, 0) is 17.8 Å². The lowest BCUT2D eigenvalue weighted by molar-refractivity contribution is -0.120. The molecule has 1 heterocycles. The molecule has 24 heavy (non-hydrogen) atoms. The summed E-state index contributed by atoms with van der Waals surface area (Å²) in [6, 6.07) is 20.3. The molecule has 0 aliphatic rings. The van der Waals surface area contributed by atoms with Crippen LogP contribution in [0.15, 0.2) is 65.1 Å². The number of benzene rings is 2. The van der Waals surface area contributed by atoms with Crippen molar-refractivity contribution in [2.75, 3.05) is 0 Å². The van der Waals surface area contributed by atoms with Gasteiger partial charge in [-0.2, -0.15) is 0 Å². The largest absolute Gasteiger partial charge is 0.466 e. The van der Waals surface area contributed by atoms with E-state index in [0.717, 1.165) is 28.2 Å². The average molecular weight is 319 g/mol. The van der Waals surface area contributed by atoms with E-state index in [2.05, 4.69) is 29.6 Å². The number of amides is 1. The van der Waals surface area contributed by atoms with Gasteiger partial charge in [-0.05, 0) is 36.6 Å². The first-order valence-electron chi connectivity index (χ1n) is 8.09. The zero-order chi connectivity index (χ0) is 16.9. The van der Waals surface area contributed by atoms with Crippen LogP contribution in [0.1, 0.15) is 22.6 Å². The Morgan fingerprint density at radius 2 is 1.62 bits per heavy atom. The molecular formula is C21H21NO2. The number of furan rings is 1. The fourth-order valence-corrected chi connectivity index (χ4v) is 2.75. The van der Waals surface area contributed by atoms with E-state index < -0.39 is 0 Å². The predicted molar refractivity (Wildman–Crippen MR) is 95.6 cm³/mol. The topological polar surface area (TPSA) is 42.2 Å². The zero-order valence-electron chi connectivity index (χ0n) is 14.0. The first-order chi connectivity index (χ1) is 11.6. The lowest BCUT2D eigenvalue weighted by atomic mass is 10.0. The molecule has 3 aromatic rings. The fourth-order valence-electron chi connectivity index (χ4n) is 2.75.